The van der Waals surface area contributed by atoms with E-state index in [1.54, 1.807) is 24.3 Å². The predicted molar refractivity (Wildman–Crippen MR) is 146 cm³/mol. The van der Waals surface area contributed by atoms with Crippen molar-refractivity contribution in [2.45, 2.75) is 29.7 Å². The molecule has 3 atom stereocenters. The Morgan fingerprint density at radius 2 is 1.68 bits per heavy atom. The smallest absolute Gasteiger partial charge is 0.305 e. The number of thiazole rings is 1. The third-order valence-corrected chi connectivity index (χ3v) is 9.33. The highest BCUT2D eigenvalue weighted by molar-refractivity contribution is 8.00. The summed E-state index contributed by atoms with van der Waals surface area (Å²) < 4.78 is 6.26. The van der Waals surface area contributed by atoms with Crippen LogP contribution in [0.1, 0.15) is 27.5 Å². The van der Waals surface area contributed by atoms with Gasteiger partial charge in [0.1, 0.15) is 17.6 Å². The maximum atomic E-state index is 13.9. The number of imide groups is 1. The molecule has 0 saturated carbocycles. The number of fused-ring (bicyclic) bond motifs is 2. The zero-order valence-corrected chi connectivity index (χ0v) is 22.0. The van der Waals surface area contributed by atoms with Crippen LogP contribution in [0.15, 0.2) is 82.6 Å². The summed E-state index contributed by atoms with van der Waals surface area (Å²) in [6, 6.07) is 22.3. The van der Waals surface area contributed by atoms with Gasteiger partial charge >= 0.3 is 4.87 Å². The number of halogens is 1. The second-order valence-corrected chi connectivity index (χ2v) is 11.7. The normalized spacial score (nSPS) is 20.6. The summed E-state index contributed by atoms with van der Waals surface area (Å²) in [4.78, 5) is 44.5. The molecule has 2 unspecified atom stereocenters. The molecule has 2 aliphatic heterocycles. The number of rotatable bonds is 5. The van der Waals surface area contributed by atoms with Crippen molar-refractivity contribution in [1.82, 2.24) is 4.98 Å². The Hall–Kier alpha value is -3.33. The van der Waals surface area contributed by atoms with Gasteiger partial charge in [0.05, 0.1) is 16.6 Å². The average Bonchev–Trinajstić information content (AvgIpc) is 3.39. The molecule has 1 fully saturated rings. The number of anilines is 1. The van der Waals surface area contributed by atoms with Crippen molar-refractivity contribution in [3.63, 3.8) is 0 Å². The SMILES string of the molecule is Cc1ccc(COc2ccccc2[C@H]2c3sc(=O)[nH]c3SC3C(=O)N(c4ccc(Cl)cc4)C(=O)C32)cc1. The fourth-order valence-electron chi connectivity index (χ4n) is 4.91. The molecule has 1 N–H and O–H groups in total. The van der Waals surface area contributed by atoms with Crippen LogP contribution in [0.3, 0.4) is 0 Å². The summed E-state index contributed by atoms with van der Waals surface area (Å²) in [5, 5.41) is 0.483. The highest BCUT2D eigenvalue weighted by Crippen LogP contribution is 2.54. The molecule has 9 heteroatoms. The number of aromatic amines is 1. The number of carbonyl (C=O) groups is 2. The lowest BCUT2D eigenvalue weighted by Crippen LogP contribution is -2.32. The average molecular weight is 549 g/mol. The summed E-state index contributed by atoms with van der Waals surface area (Å²) in [6.45, 7) is 2.39. The van der Waals surface area contributed by atoms with E-state index in [2.05, 4.69) is 4.98 Å². The van der Waals surface area contributed by atoms with Crippen LogP contribution in [0.2, 0.25) is 5.02 Å². The third kappa shape index (κ3) is 4.29. The van der Waals surface area contributed by atoms with Crippen molar-refractivity contribution >= 4 is 52.2 Å². The van der Waals surface area contributed by atoms with Gasteiger partial charge in [-0.2, -0.15) is 0 Å². The van der Waals surface area contributed by atoms with Crippen molar-refractivity contribution in [2.24, 2.45) is 5.92 Å². The van der Waals surface area contributed by atoms with Gasteiger partial charge in [0.15, 0.2) is 0 Å². The highest BCUT2D eigenvalue weighted by atomic mass is 35.5. The first-order valence-electron chi connectivity index (χ1n) is 11.7. The number of amides is 2. The summed E-state index contributed by atoms with van der Waals surface area (Å²) in [5.74, 6) is -1.17. The monoisotopic (exact) mass is 548 g/mol. The minimum atomic E-state index is -0.684. The molecule has 6 rings (SSSR count). The Labute approximate surface area is 226 Å². The lowest BCUT2D eigenvalue weighted by molar-refractivity contribution is -0.122. The van der Waals surface area contributed by atoms with Crippen LogP contribution in [0.25, 0.3) is 0 Å². The molecule has 1 aromatic heterocycles. The molecular weight excluding hydrogens is 528 g/mol. The Kier molecular flexibility index (Phi) is 6.18. The van der Waals surface area contributed by atoms with Crippen LogP contribution in [0.4, 0.5) is 5.69 Å². The van der Waals surface area contributed by atoms with Gasteiger partial charge in [-0.15, -0.1) is 0 Å². The molecule has 1 saturated heterocycles. The van der Waals surface area contributed by atoms with Crippen LogP contribution in [0.5, 0.6) is 5.75 Å². The Morgan fingerprint density at radius 3 is 2.43 bits per heavy atom. The van der Waals surface area contributed by atoms with E-state index in [9.17, 15) is 14.4 Å². The third-order valence-electron chi connectivity index (χ3n) is 6.68. The first-order valence-corrected chi connectivity index (χ1v) is 13.8. The van der Waals surface area contributed by atoms with E-state index in [-0.39, 0.29) is 16.7 Å². The van der Waals surface area contributed by atoms with Crippen LogP contribution >= 0.6 is 34.7 Å². The second-order valence-electron chi connectivity index (χ2n) is 9.05. The Balaban J connectivity index is 1.41. The predicted octanol–water partition coefficient (Wildman–Crippen LogP) is 5.77. The van der Waals surface area contributed by atoms with Gasteiger partial charge in [0.25, 0.3) is 0 Å². The standard InChI is InChI=1S/C28H21ClN2O4S2/c1-15-6-8-16(9-7-15)14-35-20-5-3-2-4-19(20)21-22-24(36-25-23(21)37-28(34)30-25)27(33)31(26(22)32)18-12-10-17(29)11-13-18/h2-13,21-22,24H,14H2,1H3,(H,30,34)/t21-,22?,24?/m1/s1. The van der Waals surface area contributed by atoms with E-state index in [1.807, 2.05) is 55.5 Å². The van der Waals surface area contributed by atoms with E-state index < -0.39 is 17.1 Å². The summed E-state index contributed by atoms with van der Waals surface area (Å²) >= 11 is 8.37. The maximum absolute atomic E-state index is 13.9. The van der Waals surface area contributed by atoms with E-state index in [4.69, 9.17) is 16.3 Å². The fraction of sp³-hybridized carbons (Fsp3) is 0.179. The van der Waals surface area contributed by atoms with Gasteiger partial charge in [0, 0.05) is 21.4 Å². The summed E-state index contributed by atoms with van der Waals surface area (Å²) in [6.07, 6.45) is 0. The molecule has 37 heavy (non-hydrogen) atoms. The first-order chi connectivity index (χ1) is 17.9. The molecule has 2 aliphatic rings. The minimum Gasteiger partial charge on any atom is -0.489 e. The zero-order valence-electron chi connectivity index (χ0n) is 19.6. The number of aromatic nitrogens is 1. The van der Waals surface area contributed by atoms with Crippen molar-refractivity contribution in [3.05, 3.63) is 109 Å². The van der Waals surface area contributed by atoms with E-state index in [1.165, 1.54) is 22.2 Å². The number of H-pyrrole nitrogens is 1. The summed E-state index contributed by atoms with van der Waals surface area (Å²) in [7, 11) is 0. The van der Waals surface area contributed by atoms with Gasteiger partial charge in [-0.05, 0) is 42.8 Å². The van der Waals surface area contributed by atoms with E-state index in [0.29, 0.717) is 28.1 Å². The van der Waals surface area contributed by atoms with Gasteiger partial charge in [-0.3, -0.25) is 14.4 Å². The Morgan fingerprint density at radius 1 is 0.946 bits per heavy atom. The van der Waals surface area contributed by atoms with E-state index in [0.717, 1.165) is 27.3 Å². The number of nitrogens with one attached hydrogen (secondary N) is 1. The number of thioether (sulfide) groups is 1. The highest BCUT2D eigenvalue weighted by Gasteiger charge is 2.56. The fourth-order valence-corrected chi connectivity index (χ4v) is 7.54. The van der Waals surface area contributed by atoms with Gasteiger partial charge < -0.3 is 9.72 Å². The number of ether oxygens (including phenoxy) is 1. The second kappa shape index (κ2) is 9.52. The van der Waals surface area contributed by atoms with Crippen LogP contribution in [-0.4, -0.2) is 22.0 Å². The number of benzene rings is 3. The van der Waals surface area contributed by atoms with Crippen molar-refractivity contribution in [1.29, 1.82) is 0 Å². The lowest BCUT2D eigenvalue weighted by Gasteiger charge is -2.30. The van der Waals surface area contributed by atoms with Gasteiger partial charge in [-0.25, -0.2) is 4.90 Å². The zero-order chi connectivity index (χ0) is 25.7. The minimum absolute atomic E-state index is 0.213. The number of carbonyl (C=O) groups excluding carboxylic acids is 2. The number of para-hydroxylation sites is 1. The molecule has 0 spiro atoms. The van der Waals surface area contributed by atoms with Gasteiger partial charge in [0.2, 0.25) is 11.8 Å². The number of aryl methyl sites for hydroxylation is 1. The largest absolute Gasteiger partial charge is 0.489 e. The van der Waals surface area contributed by atoms with E-state index >= 15 is 0 Å². The molecule has 3 aromatic carbocycles. The summed E-state index contributed by atoms with van der Waals surface area (Å²) in [5.41, 5.74) is 3.44. The lowest BCUT2D eigenvalue weighted by atomic mass is 9.82. The number of nitrogens with zero attached hydrogens (tertiary/aromatic N) is 1. The molecule has 2 amide bonds. The van der Waals surface area contributed by atoms with Crippen LogP contribution in [-0.2, 0) is 16.2 Å². The molecule has 6 nitrogen and oxygen atoms in total. The van der Waals surface area contributed by atoms with Crippen molar-refractivity contribution in [3.8, 4) is 5.75 Å². The van der Waals surface area contributed by atoms with Crippen LogP contribution in [0, 0.1) is 12.8 Å². The number of hydrogen-bond acceptors (Lipinski definition) is 6. The van der Waals surface area contributed by atoms with Crippen molar-refractivity contribution in [2.75, 3.05) is 4.90 Å². The molecular formula is C28H21ClN2O4S2. The molecule has 0 aliphatic carbocycles. The number of hydrogen-bond donors (Lipinski definition) is 1. The molecule has 4 aromatic rings. The molecule has 0 radical (unpaired) electrons. The van der Waals surface area contributed by atoms with Crippen molar-refractivity contribution < 1.29 is 14.3 Å². The Bertz CT molecular complexity index is 1560. The molecule has 3 heterocycles. The topological polar surface area (TPSA) is 79.5 Å². The maximum Gasteiger partial charge on any atom is 0.305 e. The quantitative estimate of drug-likeness (QED) is 0.320. The molecule has 0 bridgehead atoms. The van der Waals surface area contributed by atoms with Gasteiger partial charge in [-0.1, -0.05) is 82.7 Å². The first kappa shape index (κ1) is 24.0. The van der Waals surface area contributed by atoms with Crippen LogP contribution < -0.4 is 14.5 Å². The molecule has 186 valence electrons.